The third-order valence-corrected chi connectivity index (χ3v) is 2.89. The molecule has 6 nitrogen and oxygen atoms in total. The minimum Gasteiger partial charge on any atom is -0.409 e. The number of amidine groups is 1. The van der Waals surface area contributed by atoms with Crippen molar-refractivity contribution >= 4 is 11.7 Å². The van der Waals surface area contributed by atoms with Gasteiger partial charge in [-0.1, -0.05) is 5.16 Å². The summed E-state index contributed by atoms with van der Waals surface area (Å²) in [4.78, 5) is 6.65. The summed E-state index contributed by atoms with van der Waals surface area (Å²) in [5.41, 5.74) is 7.15. The predicted octanol–water partition coefficient (Wildman–Crippen LogP) is 0.711. The standard InChI is InChI=1S/C12H18N4O2/c1-9-7-10(12(13)15-17)8-11(14-9)16-3-2-5-18-6-4-16/h7-8,17H,2-6H2,1H3,(H2,13,15). The van der Waals surface area contributed by atoms with Crippen molar-refractivity contribution in [3.8, 4) is 0 Å². The molecular formula is C12H18N4O2. The van der Waals surface area contributed by atoms with Gasteiger partial charge in [-0.05, 0) is 25.5 Å². The number of anilines is 1. The van der Waals surface area contributed by atoms with Gasteiger partial charge in [-0.3, -0.25) is 0 Å². The number of hydrogen-bond donors (Lipinski definition) is 2. The van der Waals surface area contributed by atoms with E-state index < -0.39 is 0 Å². The summed E-state index contributed by atoms with van der Waals surface area (Å²) in [5, 5.41) is 11.8. The van der Waals surface area contributed by atoms with E-state index in [1.165, 1.54) is 0 Å². The van der Waals surface area contributed by atoms with Gasteiger partial charge in [-0.2, -0.15) is 0 Å². The van der Waals surface area contributed by atoms with E-state index in [1.807, 2.05) is 13.0 Å². The minimum absolute atomic E-state index is 0.104. The monoisotopic (exact) mass is 250 g/mol. The molecule has 0 bridgehead atoms. The summed E-state index contributed by atoms with van der Waals surface area (Å²) >= 11 is 0. The number of ether oxygens (including phenoxy) is 1. The van der Waals surface area contributed by atoms with Crippen molar-refractivity contribution in [2.45, 2.75) is 13.3 Å². The molecule has 2 rings (SSSR count). The van der Waals surface area contributed by atoms with Gasteiger partial charge in [0.1, 0.15) is 5.82 Å². The number of aromatic nitrogens is 1. The van der Waals surface area contributed by atoms with Gasteiger partial charge in [0.2, 0.25) is 0 Å². The van der Waals surface area contributed by atoms with Crippen LogP contribution in [0.15, 0.2) is 17.3 Å². The van der Waals surface area contributed by atoms with E-state index in [-0.39, 0.29) is 5.84 Å². The number of rotatable bonds is 2. The summed E-state index contributed by atoms with van der Waals surface area (Å²) in [6, 6.07) is 3.64. The number of oxime groups is 1. The Morgan fingerprint density at radius 3 is 3.06 bits per heavy atom. The van der Waals surface area contributed by atoms with Crippen LogP contribution >= 0.6 is 0 Å². The zero-order valence-electron chi connectivity index (χ0n) is 10.5. The van der Waals surface area contributed by atoms with E-state index in [4.69, 9.17) is 15.7 Å². The summed E-state index contributed by atoms with van der Waals surface area (Å²) in [5.74, 6) is 0.954. The van der Waals surface area contributed by atoms with Crippen LogP contribution in [0.25, 0.3) is 0 Å². The van der Waals surface area contributed by atoms with Gasteiger partial charge in [0.25, 0.3) is 0 Å². The Morgan fingerprint density at radius 1 is 1.44 bits per heavy atom. The predicted molar refractivity (Wildman–Crippen MR) is 69.1 cm³/mol. The molecule has 0 aromatic carbocycles. The average molecular weight is 250 g/mol. The normalized spacial score (nSPS) is 17.6. The van der Waals surface area contributed by atoms with Crippen molar-refractivity contribution in [1.82, 2.24) is 4.98 Å². The van der Waals surface area contributed by atoms with Gasteiger partial charge >= 0.3 is 0 Å². The van der Waals surface area contributed by atoms with Crippen LogP contribution in [0.2, 0.25) is 0 Å². The highest BCUT2D eigenvalue weighted by atomic mass is 16.5. The molecule has 0 spiro atoms. The Morgan fingerprint density at radius 2 is 2.28 bits per heavy atom. The molecule has 0 unspecified atom stereocenters. The Hall–Kier alpha value is -1.82. The number of hydrogen-bond acceptors (Lipinski definition) is 5. The lowest BCUT2D eigenvalue weighted by molar-refractivity contribution is 0.152. The molecule has 0 atom stereocenters. The van der Waals surface area contributed by atoms with Crippen molar-refractivity contribution in [3.05, 3.63) is 23.4 Å². The maximum atomic E-state index is 8.73. The second kappa shape index (κ2) is 5.68. The van der Waals surface area contributed by atoms with Crippen molar-refractivity contribution < 1.29 is 9.94 Å². The average Bonchev–Trinajstić information content (AvgIpc) is 2.66. The molecular weight excluding hydrogens is 232 g/mol. The first-order valence-electron chi connectivity index (χ1n) is 6.00. The number of nitrogens with zero attached hydrogens (tertiary/aromatic N) is 3. The highest BCUT2D eigenvalue weighted by Crippen LogP contribution is 2.16. The van der Waals surface area contributed by atoms with Crippen LogP contribution in [-0.4, -0.2) is 42.3 Å². The second-order valence-corrected chi connectivity index (χ2v) is 4.29. The molecule has 0 aliphatic carbocycles. The molecule has 6 heteroatoms. The van der Waals surface area contributed by atoms with Crippen molar-refractivity contribution in [2.75, 3.05) is 31.2 Å². The first kappa shape index (κ1) is 12.6. The summed E-state index contributed by atoms with van der Waals surface area (Å²) < 4.78 is 5.42. The molecule has 1 fully saturated rings. The maximum absolute atomic E-state index is 8.73. The molecule has 1 aromatic rings. The van der Waals surface area contributed by atoms with Gasteiger partial charge < -0.3 is 20.6 Å². The van der Waals surface area contributed by atoms with Gasteiger partial charge in [0.15, 0.2) is 5.84 Å². The first-order chi connectivity index (χ1) is 8.70. The molecule has 1 aromatic heterocycles. The highest BCUT2D eigenvalue weighted by molar-refractivity contribution is 5.97. The largest absolute Gasteiger partial charge is 0.409 e. The molecule has 2 heterocycles. The van der Waals surface area contributed by atoms with Crippen LogP contribution in [0.4, 0.5) is 5.82 Å². The lowest BCUT2D eigenvalue weighted by Gasteiger charge is -2.21. The second-order valence-electron chi connectivity index (χ2n) is 4.29. The fourth-order valence-corrected chi connectivity index (χ4v) is 1.99. The smallest absolute Gasteiger partial charge is 0.170 e. The molecule has 1 saturated heterocycles. The van der Waals surface area contributed by atoms with Crippen molar-refractivity contribution in [1.29, 1.82) is 0 Å². The van der Waals surface area contributed by atoms with Crippen LogP contribution in [0.5, 0.6) is 0 Å². The zero-order chi connectivity index (χ0) is 13.0. The first-order valence-corrected chi connectivity index (χ1v) is 6.00. The molecule has 98 valence electrons. The van der Waals surface area contributed by atoms with E-state index in [1.54, 1.807) is 6.07 Å². The van der Waals surface area contributed by atoms with Crippen molar-refractivity contribution in [3.63, 3.8) is 0 Å². The SMILES string of the molecule is Cc1cc(/C(N)=N/O)cc(N2CCCOCC2)n1. The van der Waals surface area contributed by atoms with Crippen LogP contribution in [-0.2, 0) is 4.74 Å². The van der Waals surface area contributed by atoms with Gasteiger partial charge in [0.05, 0.1) is 6.61 Å². The number of nitrogens with two attached hydrogens (primary N) is 1. The van der Waals surface area contributed by atoms with E-state index in [2.05, 4.69) is 15.0 Å². The zero-order valence-corrected chi connectivity index (χ0v) is 10.5. The summed E-state index contributed by atoms with van der Waals surface area (Å²) in [6.45, 7) is 5.11. The van der Waals surface area contributed by atoms with Gasteiger partial charge in [-0.25, -0.2) is 4.98 Å². The summed E-state index contributed by atoms with van der Waals surface area (Å²) in [7, 11) is 0. The Bertz CT molecular complexity index is 440. The van der Waals surface area contributed by atoms with Crippen molar-refractivity contribution in [2.24, 2.45) is 10.9 Å². The molecule has 0 radical (unpaired) electrons. The summed E-state index contributed by atoms with van der Waals surface area (Å²) in [6.07, 6.45) is 0.981. The van der Waals surface area contributed by atoms with Crippen LogP contribution in [0.3, 0.4) is 0 Å². The fraction of sp³-hybridized carbons (Fsp3) is 0.500. The molecule has 1 aliphatic rings. The highest BCUT2D eigenvalue weighted by Gasteiger charge is 2.13. The third-order valence-electron chi connectivity index (χ3n) is 2.89. The van der Waals surface area contributed by atoms with E-state index in [0.717, 1.165) is 37.6 Å². The van der Waals surface area contributed by atoms with Gasteiger partial charge in [-0.15, -0.1) is 0 Å². The Labute approximate surface area is 106 Å². The molecule has 0 amide bonds. The lowest BCUT2D eigenvalue weighted by atomic mass is 10.2. The van der Waals surface area contributed by atoms with Crippen LogP contribution < -0.4 is 10.6 Å². The topological polar surface area (TPSA) is 84.0 Å². The number of pyridine rings is 1. The molecule has 18 heavy (non-hydrogen) atoms. The fourth-order valence-electron chi connectivity index (χ4n) is 1.99. The van der Waals surface area contributed by atoms with Crippen LogP contribution in [0.1, 0.15) is 17.7 Å². The maximum Gasteiger partial charge on any atom is 0.170 e. The van der Waals surface area contributed by atoms with E-state index in [9.17, 15) is 0 Å². The molecule has 0 saturated carbocycles. The molecule has 3 N–H and O–H groups in total. The quantitative estimate of drug-likeness (QED) is 0.349. The number of aryl methyl sites for hydroxylation is 1. The lowest BCUT2D eigenvalue weighted by Crippen LogP contribution is -2.27. The van der Waals surface area contributed by atoms with Gasteiger partial charge in [0, 0.05) is 31.0 Å². The Balaban J connectivity index is 2.29. The Kier molecular flexibility index (Phi) is 3.99. The molecule has 1 aliphatic heterocycles. The van der Waals surface area contributed by atoms with E-state index >= 15 is 0 Å². The third kappa shape index (κ3) is 2.89. The van der Waals surface area contributed by atoms with Crippen LogP contribution in [0, 0.1) is 6.92 Å². The van der Waals surface area contributed by atoms with E-state index in [0.29, 0.717) is 12.2 Å². The minimum atomic E-state index is 0.104.